The van der Waals surface area contributed by atoms with Gasteiger partial charge >= 0.3 is 0 Å². The first-order chi connectivity index (χ1) is 8.61. The number of alkyl halides is 1. The number of hydrogen-bond acceptors (Lipinski definition) is 2. The maximum Gasteiger partial charge on any atom is 0.254 e. The van der Waals surface area contributed by atoms with E-state index in [2.05, 4.69) is 0 Å². The summed E-state index contributed by atoms with van der Waals surface area (Å²) in [4.78, 5) is 14.3. The second-order valence-corrected chi connectivity index (χ2v) is 5.05. The fourth-order valence-corrected chi connectivity index (χ4v) is 2.27. The van der Waals surface area contributed by atoms with Gasteiger partial charge < -0.3 is 9.64 Å². The van der Waals surface area contributed by atoms with Crippen molar-refractivity contribution in [3.63, 3.8) is 0 Å². The molecule has 1 aromatic carbocycles. The van der Waals surface area contributed by atoms with Gasteiger partial charge in [0, 0.05) is 18.0 Å². The van der Waals surface area contributed by atoms with E-state index in [0.717, 1.165) is 5.56 Å². The zero-order valence-corrected chi connectivity index (χ0v) is 11.5. The number of nitrogens with zero attached hydrogens (tertiary/aromatic N) is 1. The summed E-state index contributed by atoms with van der Waals surface area (Å²) in [6, 6.07) is 7.60. The Hall–Kier alpha value is -1.06. The quantitative estimate of drug-likeness (QED) is 0.771. The maximum absolute atomic E-state index is 12.4. The van der Waals surface area contributed by atoms with Crippen molar-refractivity contribution in [2.45, 2.75) is 31.9 Å². The van der Waals surface area contributed by atoms with E-state index < -0.39 is 0 Å². The molecule has 2 atom stereocenters. The third-order valence-electron chi connectivity index (χ3n) is 3.22. The average Bonchev–Trinajstić information content (AvgIpc) is 2.41. The van der Waals surface area contributed by atoms with Gasteiger partial charge in [0.2, 0.25) is 0 Å². The molecule has 3 nitrogen and oxygen atoms in total. The Morgan fingerprint density at radius 2 is 2.06 bits per heavy atom. The molecule has 18 heavy (non-hydrogen) atoms. The van der Waals surface area contributed by atoms with Crippen LogP contribution in [0.5, 0.6) is 0 Å². The molecule has 2 unspecified atom stereocenters. The highest BCUT2D eigenvalue weighted by Gasteiger charge is 2.28. The molecule has 4 heteroatoms. The minimum absolute atomic E-state index is 0.0683. The molecule has 1 heterocycles. The van der Waals surface area contributed by atoms with Crippen LogP contribution < -0.4 is 0 Å². The number of ether oxygens (including phenoxy) is 1. The Balaban J connectivity index is 2.13. The molecule has 1 aliphatic heterocycles. The minimum Gasteiger partial charge on any atom is -0.375 e. The van der Waals surface area contributed by atoms with Crippen LogP contribution >= 0.6 is 11.6 Å². The monoisotopic (exact) mass is 267 g/mol. The summed E-state index contributed by atoms with van der Waals surface area (Å²) in [5, 5.41) is 0. The van der Waals surface area contributed by atoms with E-state index in [4.69, 9.17) is 16.3 Å². The van der Waals surface area contributed by atoms with Gasteiger partial charge in [0.25, 0.3) is 5.91 Å². The molecule has 1 fully saturated rings. The van der Waals surface area contributed by atoms with Crippen LogP contribution in [0.1, 0.15) is 29.8 Å². The number of carbonyl (C=O) groups excluding carboxylic acids is 1. The molecule has 2 rings (SSSR count). The fourth-order valence-electron chi connectivity index (χ4n) is 2.09. The number of amides is 1. The van der Waals surface area contributed by atoms with Gasteiger partial charge in [-0.1, -0.05) is 12.1 Å². The topological polar surface area (TPSA) is 29.5 Å². The molecule has 0 aliphatic carbocycles. The molecule has 1 saturated heterocycles. The Morgan fingerprint density at radius 3 is 2.67 bits per heavy atom. The van der Waals surface area contributed by atoms with E-state index in [1.54, 1.807) is 0 Å². The van der Waals surface area contributed by atoms with Crippen molar-refractivity contribution >= 4 is 17.5 Å². The van der Waals surface area contributed by atoms with E-state index in [1.807, 2.05) is 43.0 Å². The van der Waals surface area contributed by atoms with Crippen LogP contribution in [0, 0.1) is 0 Å². The lowest BCUT2D eigenvalue weighted by atomic mass is 10.1. The van der Waals surface area contributed by atoms with Crippen LogP contribution in [0.3, 0.4) is 0 Å². The summed E-state index contributed by atoms with van der Waals surface area (Å²) < 4.78 is 5.53. The Morgan fingerprint density at radius 1 is 1.39 bits per heavy atom. The smallest absolute Gasteiger partial charge is 0.254 e. The molecule has 0 saturated carbocycles. The van der Waals surface area contributed by atoms with Crippen molar-refractivity contribution in [1.82, 2.24) is 4.90 Å². The van der Waals surface area contributed by atoms with Gasteiger partial charge in [0.1, 0.15) is 0 Å². The molecule has 1 amide bonds. The van der Waals surface area contributed by atoms with E-state index >= 15 is 0 Å². The summed E-state index contributed by atoms with van der Waals surface area (Å²) in [5.41, 5.74) is 1.74. The van der Waals surface area contributed by atoms with E-state index in [9.17, 15) is 4.79 Å². The van der Waals surface area contributed by atoms with Crippen LogP contribution in [0.15, 0.2) is 24.3 Å². The fraction of sp³-hybridized carbons (Fsp3) is 0.500. The lowest BCUT2D eigenvalue weighted by Gasteiger charge is -2.36. The van der Waals surface area contributed by atoms with Crippen LogP contribution in [0.2, 0.25) is 0 Å². The van der Waals surface area contributed by atoms with Crippen LogP contribution in [0.4, 0.5) is 0 Å². The van der Waals surface area contributed by atoms with Gasteiger partial charge in [-0.2, -0.15) is 0 Å². The largest absolute Gasteiger partial charge is 0.375 e. The first-order valence-electron chi connectivity index (χ1n) is 6.19. The van der Waals surface area contributed by atoms with Crippen LogP contribution in [-0.2, 0) is 10.6 Å². The van der Waals surface area contributed by atoms with Crippen molar-refractivity contribution in [3.05, 3.63) is 35.4 Å². The first-order valence-corrected chi connectivity index (χ1v) is 6.72. The third-order valence-corrected chi connectivity index (χ3v) is 3.53. The minimum atomic E-state index is 0.0683. The van der Waals surface area contributed by atoms with Crippen molar-refractivity contribution in [2.24, 2.45) is 0 Å². The predicted octanol–water partition coefficient (Wildman–Crippen LogP) is 2.67. The first kappa shape index (κ1) is 13.4. The summed E-state index contributed by atoms with van der Waals surface area (Å²) in [7, 11) is 0. The number of hydrogen-bond donors (Lipinski definition) is 0. The second kappa shape index (κ2) is 5.72. The molecule has 0 aromatic heterocycles. The number of rotatable bonds is 2. The van der Waals surface area contributed by atoms with E-state index in [1.165, 1.54) is 0 Å². The summed E-state index contributed by atoms with van der Waals surface area (Å²) in [6.07, 6.45) is 0.104. The highest BCUT2D eigenvalue weighted by atomic mass is 35.5. The molecular weight excluding hydrogens is 250 g/mol. The Labute approximate surface area is 113 Å². The zero-order chi connectivity index (χ0) is 13.1. The van der Waals surface area contributed by atoms with Gasteiger partial charge in [-0.3, -0.25) is 4.79 Å². The standard InChI is InChI=1S/C14H18ClNO2/c1-10-9-18-11(2)8-16(10)14(17)13-5-3-12(7-15)4-6-13/h3-6,10-11H,7-9H2,1-2H3. The third kappa shape index (κ3) is 2.85. The van der Waals surface area contributed by atoms with Gasteiger partial charge in [-0.15, -0.1) is 11.6 Å². The lowest BCUT2D eigenvalue weighted by molar-refractivity contribution is -0.0387. The van der Waals surface area contributed by atoms with Gasteiger partial charge in [0.05, 0.1) is 18.8 Å². The van der Waals surface area contributed by atoms with Crippen molar-refractivity contribution < 1.29 is 9.53 Å². The highest BCUT2D eigenvalue weighted by Crippen LogP contribution is 2.16. The molecule has 1 aliphatic rings. The highest BCUT2D eigenvalue weighted by molar-refractivity contribution is 6.17. The normalized spacial score (nSPS) is 24.1. The predicted molar refractivity (Wildman–Crippen MR) is 71.9 cm³/mol. The molecule has 0 spiro atoms. The van der Waals surface area contributed by atoms with E-state index in [-0.39, 0.29) is 18.1 Å². The van der Waals surface area contributed by atoms with Gasteiger partial charge in [0.15, 0.2) is 0 Å². The summed E-state index contributed by atoms with van der Waals surface area (Å²) >= 11 is 5.74. The van der Waals surface area contributed by atoms with E-state index in [0.29, 0.717) is 24.6 Å². The van der Waals surface area contributed by atoms with Crippen molar-refractivity contribution in [1.29, 1.82) is 0 Å². The Kier molecular flexibility index (Phi) is 4.25. The number of morpholine rings is 1. The van der Waals surface area contributed by atoms with Gasteiger partial charge in [-0.25, -0.2) is 0 Å². The number of carbonyl (C=O) groups is 1. The molecule has 1 aromatic rings. The Bertz CT molecular complexity index is 418. The second-order valence-electron chi connectivity index (χ2n) is 4.78. The zero-order valence-electron chi connectivity index (χ0n) is 10.7. The molecule has 98 valence electrons. The SMILES string of the molecule is CC1CN(C(=O)c2ccc(CCl)cc2)C(C)CO1. The molecule has 0 bridgehead atoms. The van der Waals surface area contributed by atoms with Crippen LogP contribution in [-0.4, -0.2) is 36.1 Å². The van der Waals surface area contributed by atoms with Crippen molar-refractivity contribution in [2.75, 3.05) is 13.2 Å². The number of halogens is 1. The molecule has 0 radical (unpaired) electrons. The molecular formula is C14H18ClNO2. The summed E-state index contributed by atoms with van der Waals surface area (Å²) in [6.45, 7) is 5.25. The number of benzene rings is 1. The molecule has 0 N–H and O–H groups in total. The van der Waals surface area contributed by atoms with Crippen molar-refractivity contribution in [3.8, 4) is 0 Å². The maximum atomic E-state index is 12.4. The van der Waals surface area contributed by atoms with Crippen LogP contribution in [0.25, 0.3) is 0 Å². The van der Waals surface area contributed by atoms with Gasteiger partial charge in [-0.05, 0) is 31.5 Å². The summed E-state index contributed by atoms with van der Waals surface area (Å²) in [5.74, 6) is 0.540. The lowest BCUT2D eigenvalue weighted by Crippen LogP contribution is -2.50. The average molecular weight is 268 g/mol.